The number of hydrogen-bond donors (Lipinski definition) is 2. The Morgan fingerprint density at radius 1 is 1.15 bits per heavy atom. The molecule has 0 aliphatic carbocycles. The summed E-state index contributed by atoms with van der Waals surface area (Å²) in [6, 6.07) is 10.2. The minimum absolute atomic E-state index is 0. The summed E-state index contributed by atoms with van der Waals surface area (Å²) >= 11 is 3.33. The summed E-state index contributed by atoms with van der Waals surface area (Å²) in [7, 11) is 0. The molecule has 2 aromatic heterocycles. The Kier molecular flexibility index (Phi) is 8.46. The zero-order chi connectivity index (χ0) is 17.5. The number of nitrogens with zero attached hydrogens (tertiary/aromatic N) is 3. The van der Waals surface area contributed by atoms with Gasteiger partial charge in [-0.15, -0.1) is 46.7 Å². The highest BCUT2D eigenvalue weighted by molar-refractivity contribution is 14.0. The monoisotopic (exact) mass is 499 g/mol. The van der Waals surface area contributed by atoms with Gasteiger partial charge in [-0.05, 0) is 13.8 Å². The first-order valence-electron chi connectivity index (χ1n) is 8.18. The summed E-state index contributed by atoms with van der Waals surface area (Å²) in [4.78, 5) is 14.8. The number of halogens is 1. The lowest BCUT2D eigenvalue weighted by Gasteiger charge is -2.09. The molecule has 138 valence electrons. The predicted octanol–water partition coefficient (Wildman–Crippen LogP) is 4.45. The lowest BCUT2D eigenvalue weighted by molar-refractivity contribution is 0.811. The van der Waals surface area contributed by atoms with E-state index < -0.39 is 0 Å². The number of thiazole rings is 2. The quantitative estimate of drug-likeness (QED) is 0.299. The van der Waals surface area contributed by atoms with E-state index in [2.05, 4.69) is 52.0 Å². The predicted molar refractivity (Wildman–Crippen MR) is 121 cm³/mol. The van der Waals surface area contributed by atoms with Crippen LogP contribution in [0.1, 0.15) is 21.8 Å². The highest BCUT2D eigenvalue weighted by atomic mass is 127. The number of aryl methyl sites for hydroxylation is 1. The van der Waals surface area contributed by atoms with Gasteiger partial charge in [-0.1, -0.05) is 30.3 Å². The van der Waals surface area contributed by atoms with Crippen molar-refractivity contribution in [2.75, 3.05) is 6.54 Å². The molecule has 3 rings (SSSR count). The molecule has 0 fully saturated rings. The van der Waals surface area contributed by atoms with Gasteiger partial charge in [-0.2, -0.15) is 0 Å². The van der Waals surface area contributed by atoms with Crippen molar-refractivity contribution >= 4 is 52.6 Å². The Morgan fingerprint density at radius 3 is 2.65 bits per heavy atom. The summed E-state index contributed by atoms with van der Waals surface area (Å²) in [6.07, 6.45) is 1.89. The van der Waals surface area contributed by atoms with Crippen LogP contribution in [0.2, 0.25) is 0 Å². The van der Waals surface area contributed by atoms with E-state index in [9.17, 15) is 0 Å². The average Bonchev–Trinajstić information content (AvgIpc) is 3.27. The molecule has 8 heteroatoms. The highest BCUT2D eigenvalue weighted by Gasteiger charge is 2.06. The number of guanidine groups is 1. The molecule has 0 aliphatic rings. The Balaban J connectivity index is 0.00000243. The fourth-order valence-corrected chi connectivity index (χ4v) is 3.71. The summed E-state index contributed by atoms with van der Waals surface area (Å²) in [5, 5.41) is 10.8. The molecular formula is C18H22IN5S2. The van der Waals surface area contributed by atoms with Gasteiger partial charge in [0, 0.05) is 28.6 Å². The molecule has 0 spiro atoms. The van der Waals surface area contributed by atoms with Crippen molar-refractivity contribution in [3.8, 4) is 11.3 Å². The topological polar surface area (TPSA) is 62.2 Å². The van der Waals surface area contributed by atoms with Gasteiger partial charge in [-0.3, -0.25) is 0 Å². The maximum atomic E-state index is 4.70. The first-order chi connectivity index (χ1) is 12.2. The SMILES string of the molecule is CCNC(=NCc1ncc(C)s1)NCc1nc(-c2ccccc2)cs1.I. The molecule has 0 atom stereocenters. The third-order valence-corrected chi connectivity index (χ3v) is 5.16. The van der Waals surface area contributed by atoms with E-state index >= 15 is 0 Å². The fourth-order valence-electron chi connectivity index (χ4n) is 2.26. The Morgan fingerprint density at radius 2 is 1.96 bits per heavy atom. The van der Waals surface area contributed by atoms with Crippen LogP contribution in [0.25, 0.3) is 11.3 Å². The molecule has 0 saturated heterocycles. The molecule has 0 saturated carbocycles. The van der Waals surface area contributed by atoms with Crippen molar-refractivity contribution in [3.05, 3.63) is 56.8 Å². The summed E-state index contributed by atoms with van der Waals surface area (Å²) in [5.41, 5.74) is 2.16. The van der Waals surface area contributed by atoms with Crippen LogP contribution >= 0.6 is 46.7 Å². The minimum Gasteiger partial charge on any atom is -0.357 e. The van der Waals surface area contributed by atoms with Crippen LogP contribution in [0, 0.1) is 6.92 Å². The first-order valence-corrected chi connectivity index (χ1v) is 9.87. The maximum absolute atomic E-state index is 4.70. The van der Waals surface area contributed by atoms with E-state index in [-0.39, 0.29) is 24.0 Å². The van der Waals surface area contributed by atoms with Crippen LogP contribution in [-0.2, 0) is 13.1 Å². The number of nitrogens with one attached hydrogen (secondary N) is 2. The van der Waals surface area contributed by atoms with E-state index in [1.165, 1.54) is 4.88 Å². The molecule has 0 unspecified atom stereocenters. The van der Waals surface area contributed by atoms with Gasteiger partial charge in [0.25, 0.3) is 0 Å². The normalized spacial score (nSPS) is 11.1. The van der Waals surface area contributed by atoms with Gasteiger partial charge in [0.2, 0.25) is 0 Å². The van der Waals surface area contributed by atoms with Crippen molar-refractivity contribution in [1.29, 1.82) is 0 Å². The van der Waals surface area contributed by atoms with E-state index in [0.29, 0.717) is 13.1 Å². The van der Waals surface area contributed by atoms with Crippen molar-refractivity contribution in [3.63, 3.8) is 0 Å². The molecule has 0 bridgehead atoms. The molecule has 2 N–H and O–H groups in total. The van der Waals surface area contributed by atoms with Crippen molar-refractivity contribution < 1.29 is 0 Å². The number of rotatable bonds is 6. The van der Waals surface area contributed by atoms with Crippen LogP contribution in [0.4, 0.5) is 0 Å². The van der Waals surface area contributed by atoms with Crippen LogP contribution in [-0.4, -0.2) is 22.5 Å². The molecule has 2 heterocycles. The third-order valence-electron chi connectivity index (χ3n) is 3.41. The molecule has 5 nitrogen and oxygen atoms in total. The number of benzene rings is 1. The van der Waals surface area contributed by atoms with Crippen LogP contribution in [0.15, 0.2) is 46.9 Å². The molecule has 0 amide bonds. The maximum Gasteiger partial charge on any atom is 0.192 e. The van der Waals surface area contributed by atoms with Crippen LogP contribution < -0.4 is 10.6 Å². The second-order valence-electron chi connectivity index (χ2n) is 5.41. The zero-order valence-corrected chi connectivity index (χ0v) is 18.7. The lowest BCUT2D eigenvalue weighted by Crippen LogP contribution is -2.36. The van der Waals surface area contributed by atoms with Crippen molar-refractivity contribution in [1.82, 2.24) is 20.6 Å². The Bertz CT molecular complexity index is 829. The number of aromatic nitrogens is 2. The Labute approximate surface area is 179 Å². The molecule has 26 heavy (non-hydrogen) atoms. The number of hydrogen-bond acceptors (Lipinski definition) is 5. The van der Waals surface area contributed by atoms with Gasteiger partial charge in [0.05, 0.1) is 18.8 Å². The standard InChI is InChI=1S/C18H21N5S2.HI/c1-3-19-18(21-10-16-20-9-13(2)25-16)22-11-17-23-15(12-24-17)14-7-5-4-6-8-14;/h4-9,12H,3,10-11H2,1-2H3,(H2,19,21,22);1H. The molecule has 0 radical (unpaired) electrons. The summed E-state index contributed by atoms with van der Waals surface area (Å²) in [5.74, 6) is 0.784. The van der Waals surface area contributed by atoms with Crippen LogP contribution in [0.5, 0.6) is 0 Å². The van der Waals surface area contributed by atoms with Crippen molar-refractivity contribution in [2.24, 2.45) is 4.99 Å². The van der Waals surface area contributed by atoms with E-state index in [4.69, 9.17) is 4.98 Å². The average molecular weight is 499 g/mol. The van der Waals surface area contributed by atoms with Crippen molar-refractivity contribution in [2.45, 2.75) is 26.9 Å². The van der Waals surface area contributed by atoms with E-state index in [1.54, 1.807) is 22.7 Å². The van der Waals surface area contributed by atoms with Gasteiger partial charge in [-0.25, -0.2) is 15.0 Å². The summed E-state index contributed by atoms with van der Waals surface area (Å²) < 4.78 is 0. The highest BCUT2D eigenvalue weighted by Crippen LogP contribution is 2.21. The molecule has 0 aliphatic heterocycles. The van der Waals surface area contributed by atoms with Gasteiger partial charge in [0.15, 0.2) is 5.96 Å². The fraction of sp³-hybridized carbons (Fsp3) is 0.278. The second kappa shape index (κ2) is 10.6. The van der Waals surface area contributed by atoms with Gasteiger partial charge >= 0.3 is 0 Å². The van der Waals surface area contributed by atoms with Crippen LogP contribution in [0.3, 0.4) is 0 Å². The van der Waals surface area contributed by atoms with E-state index in [1.807, 2.05) is 24.4 Å². The van der Waals surface area contributed by atoms with Gasteiger partial charge in [0.1, 0.15) is 10.0 Å². The zero-order valence-electron chi connectivity index (χ0n) is 14.7. The molecule has 3 aromatic rings. The second-order valence-corrected chi connectivity index (χ2v) is 7.67. The van der Waals surface area contributed by atoms with Gasteiger partial charge < -0.3 is 10.6 Å². The molecular weight excluding hydrogens is 477 g/mol. The largest absolute Gasteiger partial charge is 0.357 e. The van der Waals surface area contributed by atoms with E-state index in [0.717, 1.165) is 33.8 Å². The number of aliphatic imine (C=N–C) groups is 1. The summed E-state index contributed by atoms with van der Waals surface area (Å²) in [6.45, 7) is 6.17. The minimum atomic E-state index is 0. The Hall–Kier alpha value is -1.52. The lowest BCUT2D eigenvalue weighted by atomic mass is 10.2. The third kappa shape index (κ3) is 6.03. The smallest absolute Gasteiger partial charge is 0.192 e. The first kappa shape index (κ1) is 20.8. The molecule has 1 aromatic carbocycles.